The van der Waals surface area contributed by atoms with Crippen molar-refractivity contribution >= 4 is 17.2 Å². The van der Waals surface area contributed by atoms with Crippen LogP contribution in [-0.2, 0) is 6.54 Å². The maximum Gasteiger partial charge on any atom is 0.170 e. The van der Waals surface area contributed by atoms with E-state index in [0.717, 1.165) is 53.6 Å². The van der Waals surface area contributed by atoms with Gasteiger partial charge in [-0.3, -0.25) is 0 Å². The van der Waals surface area contributed by atoms with Crippen LogP contribution < -0.4 is 20.5 Å². The Morgan fingerprint density at radius 2 is 1.54 bits per heavy atom. The number of aromatic nitrogens is 1. The molecule has 4 N–H and O–H groups in total. The average Bonchev–Trinajstić information content (AvgIpc) is 3.22. The number of nitrogens with one attached hydrogen (secondary N) is 1. The quantitative estimate of drug-likeness (QED) is 0.0973. The van der Waals surface area contributed by atoms with Gasteiger partial charge in [0.05, 0.1) is 23.9 Å². The minimum Gasteiger partial charge on any atom is -0.494 e. The Morgan fingerprint density at radius 1 is 0.971 bits per heavy atom. The van der Waals surface area contributed by atoms with Crippen LogP contribution in [0.2, 0.25) is 0 Å². The molecule has 0 saturated heterocycles. The molecule has 188 valence electrons. The number of ether oxygens (including phenoxy) is 2. The molecule has 0 aliphatic carbocycles. The van der Waals surface area contributed by atoms with Gasteiger partial charge in [-0.15, -0.1) is 11.3 Å². The number of nitrogens with two attached hydrogens (primary N) is 1. The monoisotopic (exact) mass is 496 g/mol. The van der Waals surface area contributed by atoms with Crippen molar-refractivity contribution in [2.45, 2.75) is 59.0 Å². The molecule has 2 aromatic carbocycles. The van der Waals surface area contributed by atoms with Gasteiger partial charge in [0.1, 0.15) is 11.5 Å². The van der Waals surface area contributed by atoms with E-state index in [-0.39, 0.29) is 11.4 Å². The molecule has 8 heteroatoms. The van der Waals surface area contributed by atoms with Crippen LogP contribution in [0.1, 0.15) is 55.5 Å². The van der Waals surface area contributed by atoms with Crippen molar-refractivity contribution in [2.75, 3.05) is 13.2 Å². The minimum absolute atomic E-state index is 0.0655. The van der Waals surface area contributed by atoms with Crippen LogP contribution >= 0.6 is 11.3 Å². The summed E-state index contributed by atoms with van der Waals surface area (Å²) in [5, 5.41) is 16.3. The van der Waals surface area contributed by atoms with Crippen molar-refractivity contribution in [1.82, 2.24) is 10.3 Å². The smallest absolute Gasteiger partial charge is 0.170 e. The second kappa shape index (κ2) is 12.6. The lowest BCUT2D eigenvalue weighted by Crippen LogP contribution is -2.34. The summed E-state index contributed by atoms with van der Waals surface area (Å²) >= 11 is 1.74. The number of hydrogen-bond donors (Lipinski definition) is 3. The highest BCUT2D eigenvalue weighted by molar-refractivity contribution is 7.12. The molecule has 3 rings (SSSR count). The van der Waals surface area contributed by atoms with Crippen LogP contribution in [0, 0.1) is 6.92 Å². The number of amidine groups is 1. The zero-order chi connectivity index (χ0) is 25.3. The van der Waals surface area contributed by atoms with E-state index in [1.54, 1.807) is 23.5 Å². The number of thiazole rings is 1. The standard InChI is InChI=1S/C27H36N4O3S/c1-19-30-25(24(35-19)18-29-27(2,3)4)20-8-12-22(13-9-20)33-16-6-5-7-17-34-23-14-10-21(11-15-23)26(28)31-32/h8-15,29,32H,5-7,16-18H2,1-4H3,(H2,28,31). The van der Waals surface area contributed by atoms with Gasteiger partial charge in [-0.05, 0) is 95.5 Å². The number of rotatable bonds is 12. The van der Waals surface area contributed by atoms with E-state index < -0.39 is 0 Å². The van der Waals surface area contributed by atoms with Crippen molar-refractivity contribution in [3.63, 3.8) is 0 Å². The van der Waals surface area contributed by atoms with Crippen LogP contribution in [0.15, 0.2) is 53.7 Å². The number of benzene rings is 2. The van der Waals surface area contributed by atoms with E-state index in [9.17, 15) is 0 Å². The first-order valence-corrected chi connectivity index (χ1v) is 12.7. The number of aryl methyl sites for hydroxylation is 1. The molecule has 0 fully saturated rings. The molecule has 0 saturated carbocycles. The topological polar surface area (TPSA) is 102 Å². The zero-order valence-electron chi connectivity index (χ0n) is 21.0. The Morgan fingerprint density at radius 3 is 2.09 bits per heavy atom. The van der Waals surface area contributed by atoms with E-state index >= 15 is 0 Å². The number of oxime groups is 1. The Kier molecular flexibility index (Phi) is 9.51. The second-order valence-corrected chi connectivity index (χ2v) is 10.7. The van der Waals surface area contributed by atoms with Gasteiger partial charge in [0, 0.05) is 28.1 Å². The highest BCUT2D eigenvalue weighted by Crippen LogP contribution is 2.29. The Hall–Kier alpha value is -3.10. The number of unbranched alkanes of at least 4 members (excludes halogenated alkanes) is 2. The molecule has 0 aliphatic rings. The summed E-state index contributed by atoms with van der Waals surface area (Å²) in [6, 6.07) is 15.4. The van der Waals surface area contributed by atoms with Gasteiger partial charge in [-0.2, -0.15) is 0 Å². The predicted molar refractivity (Wildman–Crippen MR) is 143 cm³/mol. The lowest BCUT2D eigenvalue weighted by atomic mass is 10.1. The van der Waals surface area contributed by atoms with Gasteiger partial charge in [0.15, 0.2) is 5.84 Å². The molecule has 1 heterocycles. The molecule has 1 aromatic heterocycles. The normalized spacial score (nSPS) is 12.1. The Labute approximate surface area is 212 Å². The highest BCUT2D eigenvalue weighted by atomic mass is 32.1. The summed E-state index contributed by atoms with van der Waals surface area (Å²) < 4.78 is 11.7. The van der Waals surface area contributed by atoms with Gasteiger partial charge < -0.3 is 25.7 Å². The summed E-state index contributed by atoms with van der Waals surface area (Å²) in [5.74, 6) is 1.73. The third-order valence-corrected chi connectivity index (χ3v) is 6.27. The van der Waals surface area contributed by atoms with E-state index in [1.165, 1.54) is 4.88 Å². The largest absolute Gasteiger partial charge is 0.494 e. The summed E-state index contributed by atoms with van der Waals surface area (Å²) in [5.41, 5.74) is 8.45. The van der Waals surface area contributed by atoms with Crippen molar-refractivity contribution in [2.24, 2.45) is 10.9 Å². The van der Waals surface area contributed by atoms with Crippen LogP contribution in [0.4, 0.5) is 0 Å². The molecule has 0 amide bonds. The summed E-state index contributed by atoms with van der Waals surface area (Å²) in [4.78, 5) is 6.01. The number of nitrogens with zero attached hydrogens (tertiary/aromatic N) is 2. The van der Waals surface area contributed by atoms with E-state index in [1.807, 2.05) is 24.3 Å². The van der Waals surface area contributed by atoms with Crippen molar-refractivity contribution in [1.29, 1.82) is 0 Å². The molecule has 0 bridgehead atoms. The minimum atomic E-state index is 0.0655. The van der Waals surface area contributed by atoms with Crippen LogP contribution in [0.3, 0.4) is 0 Å². The maximum atomic E-state index is 8.70. The molecule has 7 nitrogen and oxygen atoms in total. The molecule has 0 atom stereocenters. The van der Waals surface area contributed by atoms with E-state index in [4.69, 9.17) is 25.4 Å². The van der Waals surface area contributed by atoms with Crippen LogP contribution in [-0.4, -0.2) is 34.8 Å². The van der Waals surface area contributed by atoms with Crippen molar-refractivity contribution < 1.29 is 14.7 Å². The first-order valence-electron chi connectivity index (χ1n) is 11.9. The third-order valence-electron chi connectivity index (χ3n) is 5.30. The Balaban J connectivity index is 1.37. The van der Waals surface area contributed by atoms with Gasteiger partial charge >= 0.3 is 0 Å². The van der Waals surface area contributed by atoms with E-state index in [2.05, 4.69) is 50.3 Å². The highest BCUT2D eigenvalue weighted by Gasteiger charge is 2.15. The zero-order valence-corrected chi connectivity index (χ0v) is 21.8. The first kappa shape index (κ1) is 26.5. The molecule has 35 heavy (non-hydrogen) atoms. The van der Waals surface area contributed by atoms with Crippen molar-refractivity contribution in [3.8, 4) is 22.8 Å². The predicted octanol–water partition coefficient (Wildman–Crippen LogP) is 5.73. The average molecular weight is 497 g/mol. The molecule has 0 unspecified atom stereocenters. The van der Waals surface area contributed by atoms with Gasteiger partial charge in [-0.25, -0.2) is 4.98 Å². The molecule has 0 spiro atoms. The fourth-order valence-electron chi connectivity index (χ4n) is 3.41. The molecule has 3 aromatic rings. The van der Waals surface area contributed by atoms with Gasteiger partial charge in [0.25, 0.3) is 0 Å². The Bertz CT molecular complexity index is 1090. The summed E-state index contributed by atoms with van der Waals surface area (Å²) in [7, 11) is 0. The lowest BCUT2D eigenvalue weighted by Gasteiger charge is -2.20. The van der Waals surface area contributed by atoms with Crippen LogP contribution in [0.5, 0.6) is 11.5 Å². The summed E-state index contributed by atoms with van der Waals surface area (Å²) in [6.45, 7) is 10.7. The maximum absolute atomic E-state index is 8.70. The lowest BCUT2D eigenvalue weighted by molar-refractivity contribution is 0.279. The molecular weight excluding hydrogens is 460 g/mol. The summed E-state index contributed by atoms with van der Waals surface area (Å²) in [6.07, 6.45) is 2.92. The third kappa shape index (κ3) is 8.56. The van der Waals surface area contributed by atoms with Gasteiger partial charge in [-0.1, -0.05) is 5.16 Å². The van der Waals surface area contributed by atoms with Crippen LogP contribution in [0.25, 0.3) is 11.3 Å². The second-order valence-electron chi connectivity index (χ2n) is 9.40. The van der Waals surface area contributed by atoms with Gasteiger partial charge in [0.2, 0.25) is 0 Å². The van der Waals surface area contributed by atoms with Crippen molar-refractivity contribution in [3.05, 3.63) is 64.0 Å². The number of hydrogen-bond acceptors (Lipinski definition) is 7. The molecular formula is C27H36N4O3S. The molecule has 0 aliphatic heterocycles. The van der Waals surface area contributed by atoms with E-state index in [0.29, 0.717) is 18.8 Å². The first-order chi connectivity index (χ1) is 16.7. The molecule has 0 radical (unpaired) electrons. The fourth-order valence-corrected chi connectivity index (χ4v) is 4.31. The fraction of sp³-hybridized carbons (Fsp3) is 0.407. The SMILES string of the molecule is Cc1nc(-c2ccc(OCCCCCOc3ccc(/C(N)=N/O)cc3)cc2)c(CNC(C)(C)C)s1.